The molecule has 3 rings (SSSR count). The van der Waals surface area contributed by atoms with Crippen LogP contribution in [-0.2, 0) is 27.2 Å². The van der Waals surface area contributed by atoms with E-state index in [1.165, 1.54) is 5.56 Å². The zero-order valence-corrected chi connectivity index (χ0v) is 22.3. The summed E-state index contributed by atoms with van der Waals surface area (Å²) >= 11 is 4.45. The van der Waals surface area contributed by atoms with E-state index in [1.54, 1.807) is 11.9 Å². The van der Waals surface area contributed by atoms with Gasteiger partial charge in [-0.2, -0.15) is 12.6 Å². The zero-order chi connectivity index (χ0) is 25.9. The third kappa shape index (κ3) is 7.85. The summed E-state index contributed by atoms with van der Waals surface area (Å²) in [6, 6.07) is 18.7. The molecule has 0 unspecified atom stereocenters. The smallest absolute Gasteiger partial charge is 0.245 e. The molecule has 3 amide bonds. The number of rotatable bonds is 11. The van der Waals surface area contributed by atoms with Crippen LogP contribution >= 0.6 is 12.6 Å². The topological polar surface area (TPSA) is 78.5 Å². The molecule has 1 fully saturated rings. The first-order valence-electron chi connectivity index (χ1n) is 13.0. The van der Waals surface area contributed by atoms with Gasteiger partial charge in [0.05, 0.1) is 5.25 Å². The number of amides is 3. The summed E-state index contributed by atoms with van der Waals surface area (Å²) in [5, 5.41) is 5.27. The van der Waals surface area contributed by atoms with Crippen LogP contribution in [0.25, 0.3) is 0 Å². The molecule has 1 aliphatic rings. The Morgan fingerprint density at radius 2 is 1.67 bits per heavy atom. The van der Waals surface area contributed by atoms with Gasteiger partial charge in [-0.15, -0.1) is 0 Å². The molecular weight excluding hydrogens is 470 g/mol. The third-order valence-corrected chi connectivity index (χ3v) is 7.48. The van der Waals surface area contributed by atoms with Crippen LogP contribution in [0, 0.1) is 5.92 Å². The fourth-order valence-corrected chi connectivity index (χ4v) is 5.25. The van der Waals surface area contributed by atoms with Crippen molar-refractivity contribution in [1.29, 1.82) is 0 Å². The highest BCUT2D eigenvalue weighted by molar-refractivity contribution is 7.81. The number of hydrogen-bond donors (Lipinski definition) is 3. The standard InChI is InChI=1S/C29H39N3O3S/c1-3-10-26(36)28(34)31-24-19-23(16-15-21-11-6-4-7-12-21)17-18-32(29(24)35)25(27(33)30-2)20-22-13-8-5-9-14-22/h4-9,11-14,23-26,36H,3,10,15-20H2,1-2H3,(H,30,33)(H,31,34)/t23-,24-,25-,26+/m0/s1. The molecule has 0 aliphatic carbocycles. The molecule has 1 heterocycles. The van der Waals surface area contributed by atoms with Crippen molar-refractivity contribution in [3.8, 4) is 0 Å². The molecule has 2 aromatic rings. The molecule has 194 valence electrons. The van der Waals surface area contributed by atoms with Crippen molar-refractivity contribution in [3.63, 3.8) is 0 Å². The molecule has 0 spiro atoms. The van der Waals surface area contributed by atoms with Crippen molar-refractivity contribution in [2.45, 2.75) is 69.2 Å². The van der Waals surface area contributed by atoms with Gasteiger partial charge in [0.1, 0.15) is 12.1 Å². The minimum Gasteiger partial charge on any atom is -0.357 e. The highest BCUT2D eigenvalue weighted by Crippen LogP contribution is 2.26. The van der Waals surface area contributed by atoms with E-state index in [0.717, 1.165) is 31.2 Å². The van der Waals surface area contributed by atoms with Gasteiger partial charge in [0, 0.05) is 20.0 Å². The number of hydrogen-bond acceptors (Lipinski definition) is 4. The number of nitrogens with one attached hydrogen (secondary N) is 2. The maximum absolute atomic E-state index is 13.8. The van der Waals surface area contributed by atoms with Crippen LogP contribution in [0.3, 0.4) is 0 Å². The van der Waals surface area contributed by atoms with Crippen LogP contribution < -0.4 is 10.6 Å². The Morgan fingerprint density at radius 3 is 2.28 bits per heavy atom. The molecule has 0 radical (unpaired) electrons. The average Bonchev–Trinajstić information content (AvgIpc) is 3.05. The molecule has 0 aromatic heterocycles. The summed E-state index contributed by atoms with van der Waals surface area (Å²) in [5.74, 6) is -0.358. The predicted molar refractivity (Wildman–Crippen MR) is 147 cm³/mol. The van der Waals surface area contributed by atoms with E-state index in [0.29, 0.717) is 25.8 Å². The number of thiol groups is 1. The molecule has 2 aromatic carbocycles. The lowest BCUT2D eigenvalue weighted by molar-refractivity contribution is -0.142. The first-order chi connectivity index (χ1) is 17.4. The molecule has 4 atom stereocenters. The SMILES string of the molecule is CCC[C@@H](S)C(=O)N[C@H]1C[C@@H](CCc2ccccc2)CCN([C@@H](Cc2ccccc2)C(=O)NC)C1=O. The fraction of sp³-hybridized carbons (Fsp3) is 0.483. The van der Waals surface area contributed by atoms with Crippen molar-refractivity contribution >= 4 is 30.4 Å². The first kappa shape index (κ1) is 27.8. The second-order valence-electron chi connectivity index (χ2n) is 9.63. The fourth-order valence-electron chi connectivity index (χ4n) is 4.91. The van der Waals surface area contributed by atoms with Crippen molar-refractivity contribution in [2.24, 2.45) is 5.92 Å². The maximum atomic E-state index is 13.8. The Labute approximate surface area is 220 Å². The van der Waals surface area contributed by atoms with Crippen LogP contribution in [0.4, 0.5) is 0 Å². The summed E-state index contributed by atoms with van der Waals surface area (Å²) in [6.45, 7) is 2.49. The molecule has 0 saturated carbocycles. The van der Waals surface area contributed by atoms with Gasteiger partial charge in [-0.05, 0) is 49.1 Å². The quantitative estimate of drug-likeness (QED) is 0.403. The van der Waals surface area contributed by atoms with Gasteiger partial charge in [0.25, 0.3) is 0 Å². The van der Waals surface area contributed by atoms with Gasteiger partial charge >= 0.3 is 0 Å². The number of nitrogens with zero attached hydrogens (tertiary/aromatic N) is 1. The Hall–Kier alpha value is -2.80. The van der Waals surface area contributed by atoms with E-state index in [1.807, 2.05) is 55.5 Å². The van der Waals surface area contributed by atoms with Crippen LogP contribution in [0.1, 0.15) is 50.2 Å². The molecule has 36 heavy (non-hydrogen) atoms. The molecule has 0 bridgehead atoms. The number of likely N-dealkylation sites (tertiary alicyclic amines) is 1. The highest BCUT2D eigenvalue weighted by atomic mass is 32.1. The van der Waals surface area contributed by atoms with Crippen molar-refractivity contribution in [2.75, 3.05) is 13.6 Å². The summed E-state index contributed by atoms with van der Waals surface area (Å²) < 4.78 is 0. The monoisotopic (exact) mass is 509 g/mol. The summed E-state index contributed by atoms with van der Waals surface area (Å²) in [4.78, 5) is 41.4. The number of likely N-dealkylation sites (N-methyl/N-ethyl adjacent to an activating group) is 1. The van der Waals surface area contributed by atoms with Crippen LogP contribution in [-0.4, -0.2) is 53.5 Å². The van der Waals surface area contributed by atoms with Gasteiger partial charge in [-0.25, -0.2) is 0 Å². The molecule has 1 saturated heterocycles. The number of carbonyl (C=O) groups is 3. The lowest BCUT2D eigenvalue weighted by atomic mass is 9.91. The molecular formula is C29H39N3O3S. The molecule has 1 aliphatic heterocycles. The lowest BCUT2D eigenvalue weighted by Gasteiger charge is -2.32. The highest BCUT2D eigenvalue weighted by Gasteiger charge is 2.38. The number of benzene rings is 2. The van der Waals surface area contributed by atoms with Crippen molar-refractivity contribution in [1.82, 2.24) is 15.5 Å². The molecule has 2 N–H and O–H groups in total. The Balaban J connectivity index is 1.83. The van der Waals surface area contributed by atoms with Crippen LogP contribution in [0.15, 0.2) is 60.7 Å². The van der Waals surface area contributed by atoms with E-state index in [9.17, 15) is 14.4 Å². The van der Waals surface area contributed by atoms with Crippen molar-refractivity contribution < 1.29 is 14.4 Å². The first-order valence-corrected chi connectivity index (χ1v) is 13.5. The summed E-state index contributed by atoms with van der Waals surface area (Å²) in [5.41, 5.74) is 2.25. The van der Waals surface area contributed by atoms with Crippen LogP contribution in [0.5, 0.6) is 0 Å². The molecule has 7 heteroatoms. The summed E-state index contributed by atoms with van der Waals surface area (Å²) in [7, 11) is 1.60. The summed E-state index contributed by atoms with van der Waals surface area (Å²) in [6.07, 6.45) is 5.08. The maximum Gasteiger partial charge on any atom is 0.245 e. The Bertz CT molecular complexity index is 986. The minimum absolute atomic E-state index is 0.188. The average molecular weight is 510 g/mol. The Morgan fingerprint density at radius 1 is 1.03 bits per heavy atom. The van der Waals surface area contributed by atoms with Gasteiger partial charge in [0.15, 0.2) is 0 Å². The second-order valence-corrected chi connectivity index (χ2v) is 10.3. The largest absolute Gasteiger partial charge is 0.357 e. The van der Waals surface area contributed by atoms with E-state index in [4.69, 9.17) is 0 Å². The lowest BCUT2D eigenvalue weighted by Crippen LogP contribution is -2.56. The van der Waals surface area contributed by atoms with E-state index < -0.39 is 17.3 Å². The van der Waals surface area contributed by atoms with E-state index in [-0.39, 0.29) is 23.6 Å². The zero-order valence-electron chi connectivity index (χ0n) is 21.4. The van der Waals surface area contributed by atoms with Gasteiger partial charge in [-0.1, -0.05) is 74.0 Å². The minimum atomic E-state index is -0.671. The van der Waals surface area contributed by atoms with Gasteiger partial charge < -0.3 is 15.5 Å². The normalized spacial score (nSPS) is 19.8. The van der Waals surface area contributed by atoms with E-state index >= 15 is 0 Å². The second kappa shape index (κ2) is 14.1. The predicted octanol–water partition coefficient (Wildman–Crippen LogP) is 3.80. The number of aryl methyl sites for hydroxylation is 1. The Kier molecular flexibility index (Phi) is 10.9. The van der Waals surface area contributed by atoms with Crippen molar-refractivity contribution in [3.05, 3.63) is 71.8 Å². The van der Waals surface area contributed by atoms with Gasteiger partial charge in [0.2, 0.25) is 17.7 Å². The van der Waals surface area contributed by atoms with Crippen LogP contribution in [0.2, 0.25) is 0 Å². The number of carbonyl (C=O) groups excluding carboxylic acids is 3. The third-order valence-electron chi connectivity index (χ3n) is 6.99. The van der Waals surface area contributed by atoms with Gasteiger partial charge in [-0.3, -0.25) is 14.4 Å². The van der Waals surface area contributed by atoms with E-state index in [2.05, 4.69) is 35.4 Å². The molecule has 6 nitrogen and oxygen atoms in total.